The van der Waals surface area contributed by atoms with Gasteiger partial charge in [-0.2, -0.15) is 17.0 Å². The molecule has 0 aromatic carbocycles. The van der Waals surface area contributed by atoms with E-state index in [9.17, 15) is 18.0 Å². The molecule has 0 unspecified atom stereocenters. The normalized spacial score (nSPS) is 18.1. The number of hydrogen-bond acceptors (Lipinski definition) is 5. The Balaban J connectivity index is 2.61. The fraction of sp³-hybridized carbons (Fsp3) is 0.818. The molecule has 1 aliphatic rings. The second-order valence-electron chi connectivity index (χ2n) is 4.58. The summed E-state index contributed by atoms with van der Waals surface area (Å²) >= 11 is 0. The molecule has 1 aliphatic heterocycles. The zero-order valence-corrected chi connectivity index (χ0v) is 12.4. The van der Waals surface area contributed by atoms with Crippen molar-refractivity contribution in [3.8, 4) is 0 Å². The maximum atomic E-state index is 12.2. The van der Waals surface area contributed by atoms with Crippen LogP contribution < -0.4 is 0 Å². The molecule has 1 saturated heterocycles. The predicted octanol–water partition coefficient (Wildman–Crippen LogP) is -0.477. The summed E-state index contributed by atoms with van der Waals surface area (Å²) in [6.45, 7) is 1.77. The third-order valence-corrected chi connectivity index (χ3v) is 5.11. The van der Waals surface area contributed by atoms with Gasteiger partial charge in [0.15, 0.2) is 0 Å². The SMILES string of the molecule is CCOC(=O)CN(C)S(=O)(=O)N1CCC(C(=O)O)CC1. The van der Waals surface area contributed by atoms with Gasteiger partial charge in [0, 0.05) is 20.1 Å². The van der Waals surface area contributed by atoms with Crippen LogP contribution >= 0.6 is 0 Å². The number of esters is 1. The van der Waals surface area contributed by atoms with Crippen LogP contribution in [-0.4, -0.2) is 67.4 Å². The summed E-state index contributed by atoms with van der Waals surface area (Å²) in [5, 5.41) is 8.87. The molecule has 0 aliphatic carbocycles. The van der Waals surface area contributed by atoms with Crippen molar-refractivity contribution in [2.45, 2.75) is 19.8 Å². The average Bonchev–Trinajstić information content (AvgIpc) is 2.38. The summed E-state index contributed by atoms with van der Waals surface area (Å²) in [5.41, 5.74) is 0. The molecular weight excluding hydrogens is 288 g/mol. The summed E-state index contributed by atoms with van der Waals surface area (Å²) in [5.74, 6) is -2.02. The molecule has 0 amide bonds. The highest BCUT2D eigenvalue weighted by Gasteiger charge is 2.34. The fourth-order valence-corrected chi connectivity index (χ4v) is 3.34. The highest BCUT2D eigenvalue weighted by molar-refractivity contribution is 7.86. The molecule has 0 radical (unpaired) electrons. The van der Waals surface area contributed by atoms with Gasteiger partial charge in [0.05, 0.1) is 12.5 Å². The Labute approximate surface area is 118 Å². The van der Waals surface area contributed by atoms with Crippen LogP contribution in [0.5, 0.6) is 0 Å². The van der Waals surface area contributed by atoms with E-state index >= 15 is 0 Å². The number of ether oxygens (including phenoxy) is 1. The summed E-state index contributed by atoms with van der Waals surface area (Å²) in [7, 11) is -2.45. The minimum absolute atomic E-state index is 0.145. The molecule has 20 heavy (non-hydrogen) atoms. The van der Waals surface area contributed by atoms with Gasteiger partial charge in [-0.15, -0.1) is 0 Å². The van der Waals surface area contributed by atoms with E-state index in [1.54, 1.807) is 6.92 Å². The Hall–Kier alpha value is -1.19. The maximum absolute atomic E-state index is 12.2. The molecule has 0 bridgehead atoms. The first kappa shape index (κ1) is 16.9. The highest BCUT2D eigenvalue weighted by atomic mass is 32.2. The largest absolute Gasteiger partial charge is 0.481 e. The van der Waals surface area contributed by atoms with Crippen molar-refractivity contribution in [2.75, 3.05) is 33.3 Å². The fourth-order valence-electron chi connectivity index (χ4n) is 2.00. The van der Waals surface area contributed by atoms with E-state index in [1.807, 2.05) is 0 Å². The number of nitrogens with zero attached hydrogens (tertiary/aromatic N) is 2. The van der Waals surface area contributed by atoms with Gasteiger partial charge in [-0.3, -0.25) is 9.59 Å². The molecule has 0 aromatic rings. The Bertz CT molecular complexity index is 456. The molecule has 1 fully saturated rings. The molecule has 0 atom stereocenters. The zero-order valence-electron chi connectivity index (χ0n) is 11.6. The first-order chi connectivity index (χ1) is 9.28. The zero-order chi connectivity index (χ0) is 15.3. The van der Waals surface area contributed by atoms with Gasteiger partial charge in [0.25, 0.3) is 10.2 Å². The van der Waals surface area contributed by atoms with Crippen LogP contribution in [0.1, 0.15) is 19.8 Å². The van der Waals surface area contributed by atoms with Crippen LogP contribution in [0.2, 0.25) is 0 Å². The minimum Gasteiger partial charge on any atom is -0.481 e. The summed E-state index contributed by atoms with van der Waals surface area (Å²) < 4.78 is 31.2. The Kier molecular flexibility index (Phi) is 5.90. The van der Waals surface area contributed by atoms with E-state index in [-0.39, 0.29) is 39.1 Å². The molecule has 1 heterocycles. The van der Waals surface area contributed by atoms with Crippen LogP contribution in [0.25, 0.3) is 0 Å². The van der Waals surface area contributed by atoms with Crippen molar-refractivity contribution in [1.29, 1.82) is 0 Å². The van der Waals surface area contributed by atoms with Gasteiger partial charge in [0.2, 0.25) is 0 Å². The summed E-state index contributed by atoms with van der Waals surface area (Å²) in [4.78, 5) is 22.1. The van der Waals surface area contributed by atoms with Crippen molar-refractivity contribution < 1.29 is 27.9 Å². The Morgan fingerprint density at radius 1 is 1.35 bits per heavy atom. The molecule has 0 spiro atoms. The van der Waals surface area contributed by atoms with E-state index in [0.717, 1.165) is 4.31 Å². The first-order valence-corrected chi connectivity index (χ1v) is 7.78. The second-order valence-corrected chi connectivity index (χ2v) is 6.62. The summed E-state index contributed by atoms with van der Waals surface area (Å²) in [6, 6.07) is 0. The third-order valence-electron chi connectivity index (χ3n) is 3.18. The molecule has 116 valence electrons. The monoisotopic (exact) mass is 308 g/mol. The molecule has 8 nitrogen and oxygen atoms in total. The number of carboxylic acids is 1. The highest BCUT2D eigenvalue weighted by Crippen LogP contribution is 2.20. The third kappa shape index (κ3) is 4.15. The van der Waals surface area contributed by atoms with Gasteiger partial charge in [-0.1, -0.05) is 0 Å². The van der Waals surface area contributed by atoms with Gasteiger partial charge < -0.3 is 9.84 Å². The first-order valence-electron chi connectivity index (χ1n) is 6.38. The second kappa shape index (κ2) is 7.00. The molecule has 1 rings (SSSR count). The number of piperidine rings is 1. The van der Waals surface area contributed by atoms with E-state index in [0.29, 0.717) is 0 Å². The van der Waals surface area contributed by atoms with Crippen molar-refractivity contribution >= 4 is 22.1 Å². The lowest BCUT2D eigenvalue weighted by Crippen LogP contribution is -2.48. The van der Waals surface area contributed by atoms with E-state index < -0.39 is 28.1 Å². The Morgan fingerprint density at radius 3 is 2.35 bits per heavy atom. The van der Waals surface area contributed by atoms with Crippen molar-refractivity contribution in [3.05, 3.63) is 0 Å². The van der Waals surface area contributed by atoms with Gasteiger partial charge in [0.1, 0.15) is 6.54 Å². The number of carboxylic acid groups (broad SMARTS) is 1. The number of rotatable bonds is 6. The number of likely N-dealkylation sites (N-methyl/N-ethyl adjacent to an activating group) is 1. The number of carbonyl (C=O) groups excluding carboxylic acids is 1. The minimum atomic E-state index is -3.75. The van der Waals surface area contributed by atoms with Crippen LogP contribution in [0, 0.1) is 5.92 Å². The topological polar surface area (TPSA) is 104 Å². The smallest absolute Gasteiger partial charge is 0.321 e. The summed E-state index contributed by atoms with van der Waals surface area (Å²) in [6.07, 6.45) is 0.559. The van der Waals surface area contributed by atoms with E-state index in [2.05, 4.69) is 0 Å². The lowest BCUT2D eigenvalue weighted by molar-refractivity contribution is -0.143. The number of aliphatic carboxylic acids is 1. The molecule has 0 saturated carbocycles. The number of carbonyl (C=O) groups is 2. The molecule has 0 aromatic heterocycles. The standard InChI is InChI=1S/C11H20N2O6S/c1-3-19-10(14)8-12(2)20(17,18)13-6-4-9(5-7-13)11(15)16/h9H,3-8H2,1-2H3,(H,15,16). The van der Waals surface area contributed by atoms with Crippen LogP contribution in [0.4, 0.5) is 0 Å². The van der Waals surface area contributed by atoms with Crippen molar-refractivity contribution in [3.63, 3.8) is 0 Å². The van der Waals surface area contributed by atoms with Gasteiger partial charge >= 0.3 is 11.9 Å². The van der Waals surface area contributed by atoms with E-state index in [1.165, 1.54) is 11.4 Å². The average molecular weight is 308 g/mol. The number of hydrogen-bond donors (Lipinski definition) is 1. The maximum Gasteiger partial charge on any atom is 0.321 e. The van der Waals surface area contributed by atoms with Gasteiger partial charge in [-0.05, 0) is 19.8 Å². The molecule has 9 heteroatoms. The lowest BCUT2D eigenvalue weighted by Gasteiger charge is -2.32. The van der Waals surface area contributed by atoms with Gasteiger partial charge in [-0.25, -0.2) is 0 Å². The van der Waals surface area contributed by atoms with Crippen molar-refractivity contribution in [2.24, 2.45) is 5.92 Å². The van der Waals surface area contributed by atoms with Crippen molar-refractivity contribution in [1.82, 2.24) is 8.61 Å². The van der Waals surface area contributed by atoms with Crippen LogP contribution in [-0.2, 0) is 24.5 Å². The van der Waals surface area contributed by atoms with E-state index in [4.69, 9.17) is 9.84 Å². The lowest BCUT2D eigenvalue weighted by atomic mass is 9.99. The van der Waals surface area contributed by atoms with Crippen LogP contribution in [0.3, 0.4) is 0 Å². The molecule has 1 N–H and O–H groups in total. The predicted molar refractivity (Wildman–Crippen MR) is 70.1 cm³/mol. The molecular formula is C11H20N2O6S. The quantitative estimate of drug-likeness (QED) is 0.665. The Morgan fingerprint density at radius 2 is 1.90 bits per heavy atom. The van der Waals surface area contributed by atoms with Crippen LogP contribution in [0.15, 0.2) is 0 Å².